The van der Waals surface area contributed by atoms with Gasteiger partial charge in [0.05, 0.1) is 0 Å². The van der Waals surface area contributed by atoms with Gasteiger partial charge in [0.2, 0.25) is 0 Å². The van der Waals surface area contributed by atoms with Crippen LogP contribution in [0.15, 0.2) is 24.3 Å². The Kier molecular flexibility index (Phi) is 13.8. The number of hydrogen-bond donors (Lipinski definition) is 0. The Bertz CT molecular complexity index is 73.5. The van der Waals surface area contributed by atoms with Gasteiger partial charge in [-0.3, -0.25) is 0 Å². The molecule has 0 aliphatic rings. The molecule has 0 radical (unpaired) electrons. The Morgan fingerprint density at radius 3 is 1.10 bits per heavy atom. The topological polar surface area (TPSA) is 0 Å². The highest BCUT2D eigenvalue weighted by Gasteiger charge is 1.68. The van der Waals surface area contributed by atoms with Crippen molar-refractivity contribution < 1.29 is 0 Å². The molecule has 0 rings (SSSR count). The minimum Gasteiger partial charge on any atom is -0.0877 e. The highest BCUT2D eigenvalue weighted by atomic mass is 13.7. The largest absolute Gasteiger partial charge is 0.0877 e. The molecule has 0 atom stereocenters. The molecule has 0 spiro atoms. The molecule has 0 unspecified atom stereocenters. The van der Waals surface area contributed by atoms with E-state index in [1.165, 1.54) is 0 Å². The zero-order chi connectivity index (χ0) is 8.41. The van der Waals surface area contributed by atoms with Crippen LogP contribution in [0.1, 0.15) is 34.6 Å². The molecule has 0 saturated carbocycles. The van der Waals surface area contributed by atoms with E-state index in [0.29, 0.717) is 0 Å². The molecule has 0 aromatic rings. The van der Waals surface area contributed by atoms with Crippen LogP contribution < -0.4 is 0 Å². The molecule has 0 aliphatic heterocycles. The van der Waals surface area contributed by atoms with Crippen LogP contribution in [0.3, 0.4) is 0 Å². The van der Waals surface area contributed by atoms with Gasteiger partial charge in [-0.1, -0.05) is 45.1 Å². The van der Waals surface area contributed by atoms with E-state index < -0.39 is 0 Å². The molecular formula is C10H20. The van der Waals surface area contributed by atoms with E-state index in [2.05, 4.69) is 20.8 Å². The van der Waals surface area contributed by atoms with E-state index in [0.717, 1.165) is 5.92 Å². The number of hydrogen-bond acceptors (Lipinski definition) is 0. The first-order valence-corrected chi connectivity index (χ1v) is 3.89. The maximum atomic E-state index is 2.17. The molecule has 0 fully saturated rings. The van der Waals surface area contributed by atoms with Crippen LogP contribution >= 0.6 is 0 Å². The van der Waals surface area contributed by atoms with Gasteiger partial charge in [-0.15, -0.1) is 0 Å². The summed E-state index contributed by atoms with van der Waals surface area (Å²) in [6.07, 6.45) is 8.00. The van der Waals surface area contributed by atoms with E-state index in [1.54, 1.807) is 0 Å². The summed E-state index contributed by atoms with van der Waals surface area (Å²) in [6, 6.07) is 0. The van der Waals surface area contributed by atoms with Crippen LogP contribution in [-0.4, -0.2) is 0 Å². The molecule has 0 heteroatoms. The fourth-order valence-corrected chi connectivity index (χ4v) is 0.222. The quantitative estimate of drug-likeness (QED) is 0.486. The van der Waals surface area contributed by atoms with Crippen molar-refractivity contribution in [3.63, 3.8) is 0 Å². The van der Waals surface area contributed by atoms with Crippen LogP contribution in [-0.2, 0) is 0 Å². The van der Waals surface area contributed by atoms with Gasteiger partial charge in [-0.25, -0.2) is 0 Å². The van der Waals surface area contributed by atoms with Gasteiger partial charge in [-0.05, 0) is 19.8 Å². The van der Waals surface area contributed by atoms with Gasteiger partial charge >= 0.3 is 0 Å². The Labute approximate surface area is 65.7 Å². The predicted octanol–water partition coefficient (Wildman–Crippen LogP) is 3.80. The van der Waals surface area contributed by atoms with Gasteiger partial charge < -0.3 is 0 Å². The third kappa shape index (κ3) is 51.1. The van der Waals surface area contributed by atoms with E-state index in [-0.39, 0.29) is 0 Å². The summed E-state index contributed by atoms with van der Waals surface area (Å²) < 4.78 is 0. The van der Waals surface area contributed by atoms with Crippen molar-refractivity contribution in [3.05, 3.63) is 24.3 Å². The lowest BCUT2D eigenvalue weighted by atomic mass is 10.3. The SMILES string of the molecule is C/C=C\C=C\C.CC(C)C. The van der Waals surface area contributed by atoms with Gasteiger partial charge in [0.15, 0.2) is 0 Å². The number of rotatable bonds is 1. The van der Waals surface area contributed by atoms with Crippen molar-refractivity contribution in [2.75, 3.05) is 0 Å². The first-order valence-electron chi connectivity index (χ1n) is 3.89. The maximum absolute atomic E-state index is 2.17. The van der Waals surface area contributed by atoms with Crippen LogP contribution in [0, 0.1) is 5.92 Å². The lowest BCUT2D eigenvalue weighted by molar-refractivity contribution is 0.737. The minimum absolute atomic E-state index is 0.833. The van der Waals surface area contributed by atoms with Crippen LogP contribution in [0.4, 0.5) is 0 Å². The molecule has 0 saturated heterocycles. The Balaban J connectivity index is 0. The molecule has 10 heavy (non-hydrogen) atoms. The van der Waals surface area contributed by atoms with Gasteiger partial charge in [0.25, 0.3) is 0 Å². The highest BCUT2D eigenvalue weighted by molar-refractivity contribution is 4.98. The zero-order valence-corrected chi connectivity index (χ0v) is 7.89. The summed E-state index contributed by atoms with van der Waals surface area (Å²) in [6.45, 7) is 10.5. The van der Waals surface area contributed by atoms with Crippen LogP contribution in [0.25, 0.3) is 0 Å². The Morgan fingerprint density at radius 1 is 0.800 bits per heavy atom. The van der Waals surface area contributed by atoms with E-state index in [4.69, 9.17) is 0 Å². The van der Waals surface area contributed by atoms with Crippen molar-refractivity contribution in [1.82, 2.24) is 0 Å². The molecule has 0 bridgehead atoms. The summed E-state index contributed by atoms with van der Waals surface area (Å²) in [7, 11) is 0. The van der Waals surface area contributed by atoms with E-state index in [1.807, 2.05) is 38.2 Å². The molecule has 0 heterocycles. The summed E-state index contributed by atoms with van der Waals surface area (Å²) >= 11 is 0. The molecule has 0 aromatic heterocycles. The monoisotopic (exact) mass is 140 g/mol. The number of allylic oxidation sites excluding steroid dienone is 4. The predicted molar refractivity (Wildman–Crippen MR) is 50.1 cm³/mol. The lowest BCUT2D eigenvalue weighted by Gasteiger charge is -1.79. The molecule has 0 N–H and O–H groups in total. The molecule has 0 amide bonds. The molecule has 0 aliphatic carbocycles. The third-order valence-electron chi connectivity index (χ3n) is 0.496. The van der Waals surface area contributed by atoms with Crippen molar-refractivity contribution in [1.29, 1.82) is 0 Å². The summed E-state index contributed by atoms with van der Waals surface area (Å²) in [5.74, 6) is 0.833. The molecule has 60 valence electrons. The average molecular weight is 140 g/mol. The van der Waals surface area contributed by atoms with Crippen molar-refractivity contribution in [2.24, 2.45) is 5.92 Å². The first kappa shape index (κ1) is 12.2. The minimum atomic E-state index is 0.833. The van der Waals surface area contributed by atoms with Gasteiger partial charge in [-0.2, -0.15) is 0 Å². The van der Waals surface area contributed by atoms with Crippen LogP contribution in [0.2, 0.25) is 0 Å². The standard InChI is InChI=1S/C6H10.C4H10/c1-3-5-6-4-2;1-4(2)3/h3-6H,1-2H3;4H,1-3H3/b5-3-,6-4+;. The van der Waals surface area contributed by atoms with Crippen molar-refractivity contribution in [2.45, 2.75) is 34.6 Å². The third-order valence-corrected chi connectivity index (χ3v) is 0.496. The maximum Gasteiger partial charge on any atom is -0.0467 e. The second-order valence-corrected chi connectivity index (χ2v) is 2.78. The molecule has 0 nitrogen and oxygen atoms in total. The smallest absolute Gasteiger partial charge is 0.0467 e. The fourth-order valence-electron chi connectivity index (χ4n) is 0.222. The average Bonchev–Trinajstić information content (AvgIpc) is 1.82. The first-order chi connectivity index (χ1) is 4.65. The van der Waals surface area contributed by atoms with Crippen LogP contribution in [0.5, 0.6) is 0 Å². The summed E-state index contributed by atoms with van der Waals surface area (Å²) in [4.78, 5) is 0. The van der Waals surface area contributed by atoms with Crippen molar-refractivity contribution >= 4 is 0 Å². The Morgan fingerprint density at radius 2 is 1.00 bits per heavy atom. The highest BCUT2D eigenvalue weighted by Crippen LogP contribution is 1.81. The Hall–Kier alpha value is -0.520. The second kappa shape index (κ2) is 11.3. The molecule has 0 aromatic carbocycles. The summed E-state index contributed by atoms with van der Waals surface area (Å²) in [5.41, 5.74) is 0. The second-order valence-electron chi connectivity index (χ2n) is 2.78. The molecular weight excluding hydrogens is 120 g/mol. The zero-order valence-electron chi connectivity index (χ0n) is 7.89. The normalized spacial score (nSPS) is 10.6. The fraction of sp³-hybridized carbons (Fsp3) is 0.600. The van der Waals surface area contributed by atoms with Crippen molar-refractivity contribution in [3.8, 4) is 0 Å². The lowest BCUT2D eigenvalue weighted by Crippen LogP contribution is -1.66. The summed E-state index contributed by atoms with van der Waals surface area (Å²) in [5, 5.41) is 0. The van der Waals surface area contributed by atoms with Gasteiger partial charge in [0, 0.05) is 0 Å². The van der Waals surface area contributed by atoms with Gasteiger partial charge in [0.1, 0.15) is 0 Å². The van der Waals surface area contributed by atoms with E-state index in [9.17, 15) is 0 Å². The van der Waals surface area contributed by atoms with E-state index >= 15 is 0 Å².